The van der Waals surface area contributed by atoms with Crippen molar-refractivity contribution in [3.8, 4) is 0 Å². The van der Waals surface area contributed by atoms with E-state index in [9.17, 15) is 0 Å². The molecular formula is C12H25. The monoisotopic (exact) mass is 169 g/mol. The zero-order valence-electron chi connectivity index (χ0n) is 9.32. The molecular weight excluding hydrogens is 144 g/mol. The smallest absolute Gasteiger partial charge is 0.0215 e. The predicted octanol–water partition coefficient (Wildman–Crippen LogP) is 4.60. The van der Waals surface area contributed by atoms with E-state index < -0.39 is 0 Å². The lowest BCUT2D eigenvalue weighted by atomic mass is 9.86. The summed E-state index contributed by atoms with van der Waals surface area (Å²) in [5, 5.41) is 0. The van der Waals surface area contributed by atoms with Crippen LogP contribution in [0.15, 0.2) is 0 Å². The minimum absolute atomic E-state index is 0.808. The van der Waals surface area contributed by atoms with Crippen LogP contribution in [0, 0.1) is 11.8 Å². The van der Waals surface area contributed by atoms with Gasteiger partial charge < -0.3 is 0 Å². The van der Waals surface area contributed by atoms with Crippen LogP contribution in [0.25, 0.3) is 0 Å². The van der Waals surface area contributed by atoms with Crippen LogP contribution >= 0.6 is 0 Å². The summed E-state index contributed by atoms with van der Waals surface area (Å²) in [6.45, 7) is 9.22. The van der Waals surface area contributed by atoms with E-state index >= 15 is 0 Å². The maximum atomic E-state index is 2.33. The Labute approximate surface area is 78.8 Å². The second-order valence-corrected chi connectivity index (χ2v) is 4.02. The molecule has 0 fully saturated rings. The van der Waals surface area contributed by atoms with Crippen molar-refractivity contribution in [3.05, 3.63) is 5.92 Å². The third kappa shape index (κ3) is 5.62. The van der Waals surface area contributed by atoms with Crippen molar-refractivity contribution >= 4 is 0 Å². The van der Waals surface area contributed by atoms with Crippen molar-refractivity contribution in [3.63, 3.8) is 0 Å². The molecule has 0 saturated heterocycles. The van der Waals surface area contributed by atoms with Crippen molar-refractivity contribution in [1.82, 2.24) is 0 Å². The number of rotatable bonds is 7. The molecule has 0 amide bonds. The van der Waals surface area contributed by atoms with Crippen LogP contribution in [0.4, 0.5) is 0 Å². The minimum Gasteiger partial charge on any atom is -0.0654 e. The topological polar surface area (TPSA) is 0 Å². The van der Waals surface area contributed by atoms with Gasteiger partial charge in [-0.3, -0.25) is 0 Å². The molecule has 0 rings (SSSR count). The van der Waals surface area contributed by atoms with Crippen LogP contribution in [0.1, 0.15) is 66.2 Å². The fourth-order valence-corrected chi connectivity index (χ4v) is 1.51. The largest absolute Gasteiger partial charge is 0.0654 e. The average molecular weight is 169 g/mol. The molecule has 0 aliphatic carbocycles. The van der Waals surface area contributed by atoms with Gasteiger partial charge in [-0.2, -0.15) is 0 Å². The van der Waals surface area contributed by atoms with E-state index in [0.717, 1.165) is 5.92 Å². The highest BCUT2D eigenvalue weighted by molar-refractivity contribution is 4.92. The Bertz CT molecular complexity index is 76.0. The van der Waals surface area contributed by atoms with Crippen molar-refractivity contribution < 1.29 is 0 Å². The highest BCUT2D eigenvalue weighted by atomic mass is 14.2. The Morgan fingerprint density at radius 3 is 1.58 bits per heavy atom. The SMILES string of the molecule is CCCC[C](CCCC)C(C)C. The molecule has 0 nitrogen and oxygen atoms in total. The van der Waals surface area contributed by atoms with E-state index in [2.05, 4.69) is 27.7 Å². The fourth-order valence-electron chi connectivity index (χ4n) is 1.51. The maximum absolute atomic E-state index is 2.33. The molecule has 0 aromatic heterocycles. The van der Waals surface area contributed by atoms with Crippen molar-refractivity contribution in [2.45, 2.75) is 66.2 Å². The van der Waals surface area contributed by atoms with Gasteiger partial charge >= 0.3 is 0 Å². The van der Waals surface area contributed by atoms with Gasteiger partial charge in [-0.05, 0) is 24.7 Å². The second kappa shape index (κ2) is 7.64. The summed E-state index contributed by atoms with van der Waals surface area (Å²) < 4.78 is 0. The lowest BCUT2D eigenvalue weighted by Gasteiger charge is -2.19. The summed E-state index contributed by atoms with van der Waals surface area (Å²) in [5.41, 5.74) is 0. The van der Waals surface area contributed by atoms with Gasteiger partial charge in [0.2, 0.25) is 0 Å². The molecule has 0 atom stereocenters. The lowest BCUT2D eigenvalue weighted by Crippen LogP contribution is -2.05. The first-order valence-electron chi connectivity index (χ1n) is 5.56. The Morgan fingerprint density at radius 2 is 1.33 bits per heavy atom. The molecule has 73 valence electrons. The number of hydrogen-bond donors (Lipinski definition) is 0. The summed E-state index contributed by atoms with van der Waals surface area (Å²) in [5.74, 6) is 2.60. The van der Waals surface area contributed by atoms with Gasteiger partial charge in [0.05, 0.1) is 0 Å². The molecule has 0 aliphatic heterocycles. The third-order valence-corrected chi connectivity index (χ3v) is 2.52. The van der Waals surface area contributed by atoms with Gasteiger partial charge in [0.25, 0.3) is 0 Å². The van der Waals surface area contributed by atoms with Crippen LogP contribution in [0.2, 0.25) is 0 Å². The second-order valence-electron chi connectivity index (χ2n) is 4.02. The maximum Gasteiger partial charge on any atom is -0.0215 e. The molecule has 1 radical (unpaired) electrons. The van der Waals surface area contributed by atoms with Crippen LogP contribution in [-0.2, 0) is 0 Å². The van der Waals surface area contributed by atoms with Gasteiger partial charge in [0.15, 0.2) is 0 Å². The first-order valence-corrected chi connectivity index (χ1v) is 5.56. The van der Waals surface area contributed by atoms with Crippen molar-refractivity contribution in [1.29, 1.82) is 0 Å². The van der Waals surface area contributed by atoms with E-state index in [1.54, 1.807) is 5.92 Å². The Morgan fingerprint density at radius 1 is 0.917 bits per heavy atom. The van der Waals surface area contributed by atoms with E-state index in [1.165, 1.54) is 38.5 Å². The molecule has 0 N–H and O–H groups in total. The normalized spacial score (nSPS) is 11.5. The highest BCUT2D eigenvalue weighted by Crippen LogP contribution is 2.25. The molecule has 0 spiro atoms. The van der Waals surface area contributed by atoms with Crippen molar-refractivity contribution in [2.75, 3.05) is 0 Å². The van der Waals surface area contributed by atoms with Crippen LogP contribution in [-0.4, -0.2) is 0 Å². The molecule has 0 saturated carbocycles. The summed E-state index contributed by atoms with van der Waals surface area (Å²) in [6, 6.07) is 0. The molecule has 0 heterocycles. The van der Waals surface area contributed by atoms with E-state index in [-0.39, 0.29) is 0 Å². The summed E-state index contributed by atoms with van der Waals surface area (Å²) in [4.78, 5) is 0. The van der Waals surface area contributed by atoms with E-state index in [4.69, 9.17) is 0 Å². The lowest BCUT2D eigenvalue weighted by molar-refractivity contribution is 0.516. The summed E-state index contributed by atoms with van der Waals surface area (Å²) >= 11 is 0. The van der Waals surface area contributed by atoms with Gasteiger partial charge in [0, 0.05) is 0 Å². The number of unbranched alkanes of at least 4 members (excludes halogenated alkanes) is 2. The molecule has 0 aromatic rings. The Kier molecular flexibility index (Phi) is 7.64. The molecule has 0 bridgehead atoms. The van der Waals surface area contributed by atoms with E-state index in [0.29, 0.717) is 0 Å². The minimum atomic E-state index is 0.808. The first-order chi connectivity index (χ1) is 5.72. The zero-order valence-corrected chi connectivity index (χ0v) is 9.32. The van der Waals surface area contributed by atoms with Gasteiger partial charge in [-0.15, -0.1) is 0 Å². The molecule has 12 heavy (non-hydrogen) atoms. The standard InChI is InChI=1S/C12H25/c1-5-7-9-12(11(3)4)10-8-6-2/h11H,5-10H2,1-4H3. The summed E-state index contributed by atoms with van der Waals surface area (Å²) in [6.07, 6.45) is 8.18. The molecule has 0 unspecified atom stereocenters. The van der Waals surface area contributed by atoms with E-state index in [1.807, 2.05) is 0 Å². The van der Waals surface area contributed by atoms with Crippen LogP contribution < -0.4 is 0 Å². The predicted molar refractivity (Wildman–Crippen MR) is 57.1 cm³/mol. The third-order valence-electron chi connectivity index (χ3n) is 2.52. The highest BCUT2D eigenvalue weighted by Gasteiger charge is 2.11. The Hall–Kier alpha value is 0. The summed E-state index contributed by atoms with van der Waals surface area (Å²) in [7, 11) is 0. The average Bonchev–Trinajstić information content (AvgIpc) is 2.04. The molecule has 0 aromatic carbocycles. The first kappa shape index (κ1) is 12.0. The molecule has 0 aliphatic rings. The van der Waals surface area contributed by atoms with Gasteiger partial charge in [0.1, 0.15) is 0 Å². The Balaban J connectivity index is 3.55. The number of hydrogen-bond acceptors (Lipinski definition) is 0. The molecule has 0 heteroatoms. The fraction of sp³-hybridized carbons (Fsp3) is 0.917. The van der Waals surface area contributed by atoms with Crippen LogP contribution in [0.5, 0.6) is 0 Å². The van der Waals surface area contributed by atoms with Gasteiger partial charge in [-0.1, -0.05) is 53.4 Å². The van der Waals surface area contributed by atoms with Crippen molar-refractivity contribution in [2.24, 2.45) is 5.92 Å². The van der Waals surface area contributed by atoms with Crippen LogP contribution in [0.3, 0.4) is 0 Å². The quantitative estimate of drug-likeness (QED) is 0.522. The zero-order chi connectivity index (χ0) is 9.40. The van der Waals surface area contributed by atoms with Gasteiger partial charge in [-0.25, -0.2) is 0 Å².